The molecule has 0 saturated carbocycles. The molecule has 0 bridgehead atoms. The molecule has 19 heavy (non-hydrogen) atoms. The molecule has 0 aliphatic rings. The van der Waals surface area contributed by atoms with E-state index in [2.05, 4.69) is 24.4 Å². The molecule has 1 atom stereocenters. The van der Waals surface area contributed by atoms with Gasteiger partial charge < -0.3 is 5.32 Å². The first-order valence-corrected chi connectivity index (χ1v) is 6.41. The molecule has 0 radical (unpaired) electrons. The van der Waals surface area contributed by atoms with Crippen LogP contribution in [0, 0.1) is 32.1 Å². The fourth-order valence-electron chi connectivity index (χ4n) is 2.22. The van der Waals surface area contributed by atoms with Gasteiger partial charge in [-0.2, -0.15) is 5.26 Å². The molecule has 2 heteroatoms. The lowest BCUT2D eigenvalue weighted by Gasteiger charge is -2.17. The summed E-state index contributed by atoms with van der Waals surface area (Å²) in [5.74, 6) is 0. The van der Waals surface area contributed by atoms with Gasteiger partial charge in [-0.15, -0.1) is 0 Å². The summed E-state index contributed by atoms with van der Waals surface area (Å²) in [6.07, 6.45) is 0. The Kier molecular flexibility index (Phi) is 3.87. The Labute approximate surface area is 114 Å². The van der Waals surface area contributed by atoms with Gasteiger partial charge in [0.25, 0.3) is 0 Å². The van der Waals surface area contributed by atoms with Crippen LogP contribution in [0.3, 0.4) is 0 Å². The quantitative estimate of drug-likeness (QED) is 0.882. The molecule has 0 aliphatic heterocycles. The number of anilines is 1. The average Bonchev–Trinajstić information content (AvgIpc) is 2.39. The van der Waals surface area contributed by atoms with Crippen LogP contribution in [0.1, 0.15) is 28.3 Å². The van der Waals surface area contributed by atoms with Crippen LogP contribution >= 0.6 is 0 Å². The van der Waals surface area contributed by atoms with Gasteiger partial charge in [-0.25, -0.2) is 0 Å². The van der Waals surface area contributed by atoms with Crippen LogP contribution in [0.25, 0.3) is 0 Å². The second-order valence-electron chi connectivity index (χ2n) is 4.88. The molecule has 1 unspecified atom stereocenters. The molecule has 2 rings (SSSR count). The van der Waals surface area contributed by atoms with Crippen molar-refractivity contribution in [1.29, 1.82) is 5.26 Å². The monoisotopic (exact) mass is 250 g/mol. The molecule has 0 saturated heterocycles. The van der Waals surface area contributed by atoms with Gasteiger partial charge in [0, 0.05) is 5.69 Å². The number of para-hydroxylation sites is 1. The molecule has 96 valence electrons. The van der Waals surface area contributed by atoms with Crippen molar-refractivity contribution in [1.82, 2.24) is 0 Å². The van der Waals surface area contributed by atoms with Crippen LogP contribution in [-0.2, 0) is 0 Å². The SMILES string of the molecule is Cc1ccc(C(C#N)Nc2ccccc2C)c(C)c1. The van der Waals surface area contributed by atoms with Crippen molar-refractivity contribution in [3.05, 3.63) is 64.7 Å². The number of hydrogen-bond donors (Lipinski definition) is 1. The standard InChI is InChI=1S/C17H18N2/c1-12-8-9-15(14(3)10-12)17(11-18)19-16-7-5-4-6-13(16)2/h4-10,17,19H,1-3H3. The molecule has 0 heterocycles. The highest BCUT2D eigenvalue weighted by molar-refractivity contribution is 5.54. The zero-order valence-corrected chi connectivity index (χ0v) is 11.6. The van der Waals surface area contributed by atoms with Gasteiger partial charge in [-0.3, -0.25) is 0 Å². The van der Waals surface area contributed by atoms with Crippen LogP contribution in [0.2, 0.25) is 0 Å². The van der Waals surface area contributed by atoms with E-state index in [0.717, 1.165) is 22.4 Å². The Morgan fingerprint density at radius 3 is 2.37 bits per heavy atom. The van der Waals surface area contributed by atoms with Crippen LogP contribution in [0.15, 0.2) is 42.5 Å². The topological polar surface area (TPSA) is 35.8 Å². The summed E-state index contributed by atoms with van der Waals surface area (Å²) in [4.78, 5) is 0. The van der Waals surface area contributed by atoms with Crippen molar-refractivity contribution in [2.45, 2.75) is 26.8 Å². The lowest BCUT2D eigenvalue weighted by atomic mass is 9.99. The maximum Gasteiger partial charge on any atom is 0.140 e. The highest BCUT2D eigenvalue weighted by atomic mass is 14.9. The highest BCUT2D eigenvalue weighted by Gasteiger charge is 2.13. The average molecular weight is 250 g/mol. The Morgan fingerprint density at radius 2 is 1.74 bits per heavy atom. The molecule has 2 nitrogen and oxygen atoms in total. The zero-order chi connectivity index (χ0) is 13.8. The largest absolute Gasteiger partial charge is 0.366 e. The van der Waals surface area contributed by atoms with E-state index in [4.69, 9.17) is 0 Å². The summed E-state index contributed by atoms with van der Waals surface area (Å²) >= 11 is 0. The molecule has 0 fully saturated rings. The summed E-state index contributed by atoms with van der Waals surface area (Å²) in [5, 5.41) is 12.7. The number of hydrogen-bond acceptors (Lipinski definition) is 2. The van der Waals surface area contributed by atoms with E-state index in [0.29, 0.717) is 0 Å². The Balaban J connectivity index is 2.31. The number of aryl methyl sites for hydroxylation is 3. The highest BCUT2D eigenvalue weighted by Crippen LogP contribution is 2.24. The lowest BCUT2D eigenvalue weighted by Crippen LogP contribution is -2.10. The van der Waals surface area contributed by atoms with Gasteiger partial charge in [0.1, 0.15) is 6.04 Å². The van der Waals surface area contributed by atoms with Gasteiger partial charge in [-0.05, 0) is 43.5 Å². The van der Waals surface area contributed by atoms with Gasteiger partial charge in [-0.1, -0.05) is 42.0 Å². The normalized spacial score (nSPS) is 11.7. The molecule has 2 aromatic rings. The van der Waals surface area contributed by atoms with E-state index >= 15 is 0 Å². The predicted octanol–water partition coefficient (Wildman–Crippen LogP) is 4.29. The van der Waals surface area contributed by atoms with Gasteiger partial charge in [0.2, 0.25) is 0 Å². The third-order valence-corrected chi connectivity index (χ3v) is 3.31. The van der Waals surface area contributed by atoms with Crippen LogP contribution in [0.4, 0.5) is 5.69 Å². The molecule has 1 N–H and O–H groups in total. The van der Waals surface area contributed by atoms with Crippen molar-refractivity contribution in [3.63, 3.8) is 0 Å². The van der Waals surface area contributed by atoms with E-state index in [9.17, 15) is 5.26 Å². The summed E-state index contributed by atoms with van der Waals surface area (Å²) in [5.41, 5.74) is 5.55. The summed E-state index contributed by atoms with van der Waals surface area (Å²) in [7, 11) is 0. The van der Waals surface area contributed by atoms with Crippen molar-refractivity contribution < 1.29 is 0 Å². The smallest absolute Gasteiger partial charge is 0.140 e. The summed E-state index contributed by atoms with van der Waals surface area (Å²) in [6.45, 7) is 6.15. The van der Waals surface area contributed by atoms with E-state index in [-0.39, 0.29) is 6.04 Å². The third kappa shape index (κ3) is 2.95. The number of benzene rings is 2. The molecule has 0 aliphatic carbocycles. The minimum atomic E-state index is -0.318. The number of nitriles is 1. The molecular weight excluding hydrogens is 232 g/mol. The van der Waals surface area contributed by atoms with Gasteiger partial charge in [0.15, 0.2) is 0 Å². The molecule has 0 amide bonds. The molecule has 2 aromatic carbocycles. The molecule has 0 aromatic heterocycles. The van der Waals surface area contributed by atoms with Crippen LogP contribution in [-0.4, -0.2) is 0 Å². The lowest BCUT2D eigenvalue weighted by molar-refractivity contribution is 0.976. The second kappa shape index (κ2) is 5.58. The fourth-order valence-corrected chi connectivity index (χ4v) is 2.22. The summed E-state index contributed by atoms with van der Waals surface area (Å²) in [6, 6.07) is 16.2. The minimum absolute atomic E-state index is 0.318. The van der Waals surface area contributed by atoms with E-state index in [1.54, 1.807) is 0 Å². The maximum atomic E-state index is 9.41. The van der Waals surface area contributed by atoms with E-state index in [1.807, 2.05) is 50.2 Å². The van der Waals surface area contributed by atoms with Gasteiger partial charge in [0.05, 0.1) is 6.07 Å². The Morgan fingerprint density at radius 1 is 1.00 bits per heavy atom. The number of rotatable bonds is 3. The van der Waals surface area contributed by atoms with Crippen LogP contribution < -0.4 is 5.32 Å². The third-order valence-electron chi connectivity index (χ3n) is 3.31. The molecular formula is C17H18N2. The van der Waals surface area contributed by atoms with E-state index in [1.165, 1.54) is 5.56 Å². The predicted molar refractivity (Wildman–Crippen MR) is 79.1 cm³/mol. The Bertz CT molecular complexity index is 623. The number of nitrogens with zero attached hydrogens (tertiary/aromatic N) is 1. The number of nitrogens with one attached hydrogen (secondary N) is 1. The second-order valence-corrected chi connectivity index (χ2v) is 4.88. The fraction of sp³-hybridized carbons (Fsp3) is 0.235. The first kappa shape index (κ1) is 13.2. The molecule has 0 spiro atoms. The maximum absolute atomic E-state index is 9.41. The van der Waals surface area contributed by atoms with E-state index < -0.39 is 0 Å². The van der Waals surface area contributed by atoms with Crippen molar-refractivity contribution in [3.8, 4) is 6.07 Å². The first-order valence-electron chi connectivity index (χ1n) is 6.41. The minimum Gasteiger partial charge on any atom is -0.366 e. The first-order chi connectivity index (χ1) is 9.11. The zero-order valence-electron chi connectivity index (χ0n) is 11.6. The van der Waals surface area contributed by atoms with Gasteiger partial charge >= 0.3 is 0 Å². The van der Waals surface area contributed by atoms with Crippen molar-refractivity contribution >= 4 is 5.69 Å². The Hall–Kier alpha value is -2.27. The van der Waals surface area contributed by atoms with Crippen molar-refractivity contribution in [2.24, 2.45) is 0 Å². The summed E-state index contributed by atoms with van der Waals surface area (Å²) < 4.78 is 0. The van der Waals surface area contributed by atoms with Crippen molar-refractivity contribution in [2.75, 3.05) is 5.32 Å². The van der Waals surface area contributed by atoms with Crippen LogP contribution in [0.5, 0.6) is 0 Å².